The van der Waals surface area contributed by atoms with Gasteiger partial charge in [-0.15, -0.1) is 11.3 Å². The third-order valence-corrected chi connectivity index (χ3v) is 4.15. The number of aryl methyl sites for hydroxylation is 1. The predicted octanol–water partition coefficient (Wildman–Crippen LogP) is 2.68. The van der Waals surface area contributed by atoms with E-state index in [1.807, 2.05) is 18.7 Å². The van der Waals surface area contributed by atoms with Gasteiger partial charge < -0.3 is 5.32 Å². The summed E-state index contributed by atoms with van der Waals surface area (Å²) in [4.78, 5) is 4.41. The Morgan fingerprint density at radius 2 is 2.29 bits per heavy atom. The third kappa shape index (κ3) is 3.98. The first kappa shape index (κ1) is 12.0. The lowest BCUT2D eigenvalue weighted by Crippen LogP contribution is -2.31. The van der Waals surface area contributed by atoms with E-state index in [4.69, 9.17) is 0 Å². The molecule has 1 aromatic heterocycles. The zero-order chi connectivity index (χ0) is 10.6. The Hall–Kier alpha value is -0.0600. The summed E-state index contributed by atoms with van der Waals surface area (Å²) in [6, 6.07) is 0. The van der Waals surface area contributed by atoms with Crippen molar-refractivity contribution in [3.8, 4) is 0 Å². The molecule has 4 heteroatoms. The summed E-state index contributed by atoms with van der Waals surface area (Å²) in [6.45, 7) is 8.44. The van der Waals surface area contributed by atoms with Crippen molar-refractivity contribution in [3.63, 3.8) is 0 Å². The van der Waals surface area contributed by atoms with Crippen LogP contribution in [0.1, 0.15) is 24.5 Å². The second-order valence-electron chi connectivity index (χ2n) is 3.93. The van der Waals surface area contributed by atoms with Crippen LogP contribution in [0.25, 0.3) is 0 Å². The van der Waals surface area contributed by atoms with Gasteiger partial charge in [-0.25, -0.2) is 4.98 Å². The fraction of sp³-hybridized carbons (Fsp3) is 0.700. The number of thiazole rings is 1. The van der Waals surface area contributed by atoms with Crippen molar-refractivity contribution in [3.05, 3.63) is 16.1 Å². The van der Waals surface area contributed by atoms with Crippen LogP contribution in [0.15, 0.2) is 5.38 Å². The number of rotatable bonds is 5. The fourth-order valence-electron chi connectivity index (χ4n) is 1.05. The molecule has 14 heavy (non-hydrogen) atoms. The van der Waals surface area contributed by atoms with E-state index in [-0.39, 0.29) is 0 Å². The lowest BCUT2D eigenvalue weighted by molar-refractivity contribution is 0.586. The highest BCUT2D eigenvalue weighted by atomic mass is 32.2. The highest BCUT2D eigenvalue weighted by Crippen LogP contribution is 2.19. The summed E-state index contributed by atoms with van der Waals surface area (Å²) in [5, 5.41) is 6.69. The Balaban J connectivity index is 2.28. The summed E-state index contributed by atoms with van der Waals surface area (Å²) < 4.78 is 0.311. The molecule has 0 spiro atoms. The maximum absolute atomic E-state index is 4.41. The van der Waals surface area contributed by atoms with Gasteiger partial charge in [-0.1, -0.05) is 0 Å². The Labute approximate surface area is 94.5 Å². The van der Waals surface area contributed by atoms with Gasteiger partial charge in [-0.2, -0.15) is 11.8 Å². The molecule has 0 unspecified atom stereocenters. The van der Waals surface area contributed by atoms with Gasteiger partial charge in [0.15, 0.2) is 0 Å². The normalized spacial score (nSPS) is 12.0. The molecular formula is C10H18N2S2. The summed E-state index contributed by atoms with van der Waals surface area (Å²) in [5.41, 5.74) is 1.16. The molecule has 0 aliphatic rings. The summed E-state index contributed by atoms with van der Waals surface area (Å²) in [5.74, 6) is 0. The van der Waals surface area contributed by atoms with Crippen LogP contribution in [0.4, 0.5) is 0 Å². The zero-order valence-corrected chi connectivity index (χ0v) is 10.9. The molecule has 1 heterocycles. The first-order valence-corrected chi connectivity index (χ1v) is 6.81. The molecule has 0 bridgehead atoms. The van der Waals surface area contributed by atoms with E-state index in [2.05, 4.69) is 35.8 Å². The van der Waals surface area contributed by atoms with Gasteiger partial charge >= 0.3 is 0 Å². The van der Waals surface area contributed by atoms with Crippen LogP contribution in [-0.2, 0) is 6.54 Å². The second-order valence-corrected chi connectivity index (χ2v) is 6.50. The van der Waals surface area contributed by atoms with Crippen LogP contribution in [-0.4, -0.2) is 22.5 Å². The van der Waals surface area contributed by atoms with Crippen LogP contribution < -0.4 is 5.32 Å². The molecule has 80 valence electrons. The van der Waals surface area contributed by atoms with Crippen LogP contribution in [0, 0.1) is 6.92 Å². The summed E-state index contributed by atoms with van der Waals surface area (Å²) in [6.07, 6.45) is 2.15. The molecule has 1 N–H and O–H groups in total. The van der Waals surface area contributed by atoms with Crippen molar-refractivity contribution in [1.29, 1.82) is 0 Å². The van der Waals surface area contributed by atoms with E-state index < -0.39 is 0 Å². The van der Waals surface area contributed by atoms with Crippen molar-refractivity contribution in [2.45, 2.75) is 32.1 Å². The van der Waals surface area contributed by atoms with Crippen molar-refractivity contribution in [2.75, 3.05) is 12.8 Å². The fourth-order valence-corrected chi connectivity index (χ4v) is 1.91. The second kappa shape index (κ2) is 5.14. The van der Waals surface area contributed by atoms with Crippen molar-refractivity contribution >= 4 is 23.1 Å². The van der Waals surface area contributed by atoms with Gasteiger partial charge in [0.2, 0.25) is 0 Å². The molecule has 2 nitrogen and oxygen atoms in total. The Morgan fingerprint density at radius 1 is 1.57 bits per heavy atom. The van der Waals surface area contributed by atoms with Crippen molar-refractivity contribution < 1.29 is 0 Å². The predicted molar refractivity (Wildman–Crippen MR) is 66.2 cm³/mol. The number of nitrogens with zero attached hydrogens (tertiary/aromatic N) is 1. The van der Waals surface area contributed by atoms with Gasteiger partial charge in [-0.05, 0) is 27.0 Å². The smallest absolute Gasteiger partial charge is 0.0897 e. The van der Waals surface area contributed by atoms with E-state index in [9.17, 15) is 0 Å². The monoisotopic (exact) mass is 230 g/mol. The maximum Gasteiger partial charge on any atom is 0.0897 e. The quantitative estimate of drug-likeness (QED) is 0.842. The molecule has 0 saturated heterocycles. The largest absolute Gasteiger partial charge is 0.310 e. The van der Waals surface area contributed by atoms with Gasteiger partial charge in [0.05, 0.1) is 10.7 Å². The SMILES string of the molecule is CSC(C)(C)CNCc1csc(C)n1. The van der Waals surface area contributed by atoms with Crippen molar-refractivity contribution in [2.24, 2.45) is 0 Å². The molecule has 0 aromatic carbocycles. The first-order chi connectivity index (χ1) is 6.53. The highest BCUT2D eigenvalue weighted by molar-refractivity contribution is 7.99. The molecule has 0 radical (unpaired) electrons. The standard InChI is InChI=1S/C10H18N2S2/c1-8-12-9(6-14-8)5-11-7-10(2,3)13-4/h6,11H,5,7H2,1-4H3. The van der Waals surface area contributed by atoms with E-state index in [0.29, 0.717) is 4.75 Å². The Bertz CT molecular complexity index is 281. The van der Waals surface area contributed by atoms with Gasteiger partial charge in [-0.3, -0.25) is 0 Å². The summed E-state index contributed by atoms with van der Waals surface area (Å²) >= 11 is 3.60. The third-order valence-electron chi connectivity index (χ3n) is 2.08. The minimum Gasteiger partial charge on any atom is -0.310 e. The topological polar surface area (TPSA) is 24.9 Å². The average molecular weight is 230 g/mol. The maximum atomic E-state index is 4.41. The van der Waals surface area contributed by atoms with E-state index in [0.717, 1.165) is 23.8 Å². The lowest BCUT2D eigenvalue weighted by Gasteiger charge is -2.21. The van der Waals surface area contributed by atoms with E-state index in [1.54, 1.807) is 11.3 Å². The summed E-state index contributed by atoms with van der Waals surface area (Å²) in [7, 11) is 0. The van der Waals surface area contributed by atoms with Gasteiger partial charge in [0.1, 0.15) is 0 Å². The molecule has 0 atom stereocenters. The molecule has 0 saturated carbocycles. The first-order valence-electron chi connectivity index (χ1n) is 4.70. The number of thioether (sulfide) groups is 1. The molecule has 1 rings (SSSR count). The Morgan fingerprint density at radius 3 is 2.79 bits per heavy atom. The van der Waals surface area contributed by atoms with Gasteiger partial charge in [0, 0.05) is 23.2 Å². The van der Waals surface area contributed by atoms with Crippen molar-refractivity contribution in [1.82, 2.24) is 10.3 Å². The van der Waals surface area contributed by atoms with Crippen LogP contribution in [0.3, 0.4) is 0 Å². The lowest BCUT2D eigenvalue weighted by atomic mass is 10.2. The molecular weight excluding hydrogens is 212 g/mol. The minimum atomic E-state index is 0.311. The van der Waals surface area contributed by atoms with Crippen LogP contribution in [0.2, 0.25) is 0 Å². The molecule has 0 aliphatic heterocycles. The molecule has 0 fully saturated rings. The molecule has 0 aliphatic carbocycles. The van der Waals surface area contributed by atoms with E-state index >= 15 is 0 Å². The number of nitrogens with one attached hydrogen (secondary N) is 1. The number of hydrogen-bond acceptors (Lipinski definition) is 4. The zero-order valence-electron chi connectivity index (χ0n) is 9.26. The van der Waals surface area contributed by atoms with E-state index in [1.165, 1.54) is 0 Å². The Kier molecular flexibility index (Phi) is 4.41. The van der Waals surface area contributed by atoms with Gasteiger partial charge in [0.25, 0.3) is 0 Å². The minimum absolute atomic E-state index is 0.311. The van der Waals surface area contributed by atoms with Crippen LogP contribution in [0.5, 0.6) is 0 Å². The molecule has 1 aromatic rings. The molecule has 0 amide bonds. The highest BCUT2D eigenvalue weighted by Gasteiger charge is 2.14. The van der Waals surface area contributed by atoms with Crippen LogP contribution >= 0.6 is 23.1 Å². The number of hydrogen-bond donors (Lipinski definition) is 1. The average Bonchev–Trinajstić information content (AvgIpc) is 2.51. The number of aromatic nitrogens is 1.